The molecule has 0 radical (unpaired) electrons. The number of hydrogen-bond acceptors (Lipinski definition) is 5. The van der Waals surface area contributed by atoms with E-state index in [1.165, 1.54) is 6.07 Å². The van der Waals surface area contributed by atoms with Gasteiger partial charge in [0.2, 0.25) is 0 Å². The Balaban J connectivity index is 2.11. The number of aromatic nitrogens is 2. The molecule has 2 heterocycles. The van der Waals surface area contributed by atoms with Crippen molar-refractivity contribution < 1.29 is 19.4 Å². The second-order valence-electron chi connectivity index (χ2n) is 3.91. The molecule has 0 unspecified atom stereocenters. The van der Waals surface area contributed by atoms with Gasteiger partial charge in [-0.3, -0.25) is 0 Å². The normalized spacial score (nSPS) is 16.8. The number of nitrogens with zero attached hydrogens (tertiary/aromatic N) is 2. The summed E-state index contributed by atoms with van der Waals surface area (Å²) in [6.45, 7) is 3.02. The largest absolute Gasteiger partial charge is 0.477 e. The fourth-order valence-electron chi connectivity index (χ4n) is 1.65. The van der Waals surface area contributed by atoms with Gasteiger partial charge in [0.15, 0.2) is 5.69 Å². The number of carboxylic acid groups (broad SMARTS) is 1. The summed E-state index contributed by atoms with van der Waals surface area (Å²) in [6, 6.07) is 1.55. The lowest BCUT2D eigenvalue weighted by Gasteiger charge is -2.22. The average Bonchev–Trinajstić information content (AvgIpc) is 2.29. The Labute approximate surface area is 98.6 Å². The lowest BCUT2D eigenvalue weighted by Crippen LogP contribution is -2.26. The summed E-state index contributed by atoms with van der Waals surface area (Å²) in [4.78, 5) is 18.8. The second-order valence-corrected chi connectivity index (χ2v) is 3.91. The number of rotatable bonds is 3. The van der Waals surface area contributed by atoms with Crippen molar-refractivity contribution in [1.82, 2.24) is 9.97 Å². The van der Waals surface area contributed by atoms with Crippen LogP contribution >= 0.6 is 0 Å². The molecule has 1 aliphatic rings. The topological polar surface area (TPSA) is 81.5 Å². The van der Waals surface area contributed by atoms with E-state index in [4.69, 9.17) is 14.6 Å². The minimum atomic E-state index is -1.08. The van der Waals surface area contributed by atoms with Crippen LogP contribution in [0.3, 0.4) is 0 Å². The fourth-order valence-corrected chi connectivity index (χ4v) is 1.65. The highest BCUT2D eigenvalue weighted by atomic mass is 16.5. The summed E-state index contributed by atoms with van der Waals surface area (Å²) in [7, 11) is 0. The van der Waals surface area contributed by atoms with Crippen LogP contribution in [0.5, 0.6) is 6.01 Å². The SMILES string of the molecule is Cc1cc(C(=O)O)nc(OC2CCOCC2)n1. The molecule has 1 fully saturated rings. The molecule has 1 saturated heterocycles. The summed E-state index contributed by atoms with van der Waals surface area (Å²) in [5.41, 5.74) is 0.541. The summed E-state index contributed by atoms with van der Waals surface area (Å²) in [5.74, 6) is -1.08. The molecule has 0 saturated carbocycles. The molecular weight excluding hydrogens is 224 g/mol. The predicted molar refractivity (Wildman–Crippen MR) is 58.2 cm³/mol. The molecule has 0 aromatic carbocycles. The Hall–Kier alpha value is -1.69. The Morgan fingerprint density at radius 2 is 2.18 bits per heavy atom. The van der Waals surface area contributed by atoms with Crippen LogP contribution in [0.15, 0.2) is 6.07 Å². The van der Waals surface area contributed by atoms with Crippen LogP contribution in [0.1, 0.15) is 29.0 Å². The molecule has 0 aliphatic carbocycles. The summed E-state index contributed by atoms with van der Waals surface area (Å²) in [5, 5.41) is 8.87. The lowest BCUT2D eigenvalue weighted by molar-refractivity contribution is 0.0213. The van der Waals surface area contributed by atoms with Crippen LogP contribution in [0, 0.1) is 6.92 Å². The summed E-state index contributed by atoms with van der Waals surface area (Å²) in [6.07, 6.45) is 1.56. The maximum atomic E-state index is 10.8. The van der Waals surface area contributed by atoms with Crippen LogP contribution in [0.25, 0.3) is 0 Å². The van der Waals surface area contributed by atoms with Gasteiger partial charge in [-0.2, -0.15) is 4.98 Å². The highest BCUT2D eigenvalue weighted by Crippen LogP contribution is 2.15. The number of aromatic carboxylic acids is 1. The fraction of sp³-hybridized carbons (Fsp3) is 0.545. The van der Waals surface area contributed by atoms with E-state index in [0.717, 1.165) is 12.8 Å². The number of hydrogen-bond donors (Lipinski definition) is 1. The van der Waals surface area contributed by atoms with Gasteiger partial charge in [0, 0.05) is 18.5 Å². The van der Waals surface area contributed by atoms with Crippen molar-refractivity contribution in [2.24, 2.45) is 0 Å². The van der Waals surface area contributed by atoms with Gasteiger partial charge in [0.05, 0.1) is 13.2 Å². The molecule has 6 heteroatoms. The molecule has 1 aliphatic heterocycles. The Kier molecular flexibility index (Phi) is 3.53. The number of aryl methyl sites for hydroxylation is 1. The first-order valence-corrected chi connectivity index (χ1v) is 5.48. The Morgan fingerprint density at radius 3 is 2.82 bits per heavy atom. The third kappa shape index (κ3) is 3.13. The molecule has 1 aromatic heterocycles. The molecule has 0 spiro atoms. The number of carboxylic acids is 1. The first kappa shape index (κ1) is 11.8. The molecule has 0 bridgehead atoms. The molecule has 1 N–H and O–H groups in total. The van der Waals surface area contributed by atoms with E-state index in [1.807, 2.05) is 0 Å². The predicted octanol–water partition coefficient (Wildman–Crippen LogP) is 1.04. The van der Waals surface area contributed by atoms with Crippen molar-refractivity contribution in [3.63, 3.8) is 0 Å². The second kappa shape index (κ2) is 5.09. The number of ether oxygens (including phenoxy) is 2. The van der Waals surface area contributed by atoms with Crippen LogP contribution in [-0.2, 0) is 4.74 Å². The van der Waals surface area contributed by atoms with Crippen LogP contribution in [0.4, 0.5) is 0 Å². The van der Waals surface area contributed by atoms with Crippen LogP contribution in [-0.4, -0.2) is 40.4 Å². The smallest absolute Gasteiger partial charge is 0.354 e. The van der Waals surface area contributed by atoms with Gasteiger partial charge in [-0.25, -0.2) is 9.78 Å². The molecule has 17 heavy (non-hydrogen) atoms. The molecule has 1 aromatic rings. The first-order valence-electron chi connectivity index (χ1n) is 5.48. The van der Waals surface area contributed by atoms with E-state index in [9.17, 15) is 4.79 Å². The lowest BCUT2D eigenvalue weighted by atomic mass is 10.2. The number of carbonyl (C=O) groups is 1. The van der Waals surface area contributed by atoms with Crippen molar-refractivity contribution in [1.29, 1.82) is 0 Å². The standard InChI is InChI=1S/C11H14N2O4/c1-7-6-9(10(14)15)13-11(12-7)17-8-2-4-16-5-3-8/h6,8H,2-5H2,1H3,(H,14,15). The molecule has 0 amide bonds. The molecular formula is C11H14N2O4. The third-order valence-corrected chi connectivity index (χ3v) is 2.49. The van der Waals surface area contributed by atoms with Gasteiger partial charge in [0.1, 0.15) is 6.10 Å². The van der Waals surface area contributed by atoms with Gasteiger partial charge in [0.25, 0.3) is 0 Å². The van der Waals surface area contributed by atoms with Crippen LogP contribution in [0.2, 0.25) is 0 Å². The van der Waals surface area contributed by atoms with E-state index in [0.29, 0.717) is 18.9 Å². The van der Waals surface area contributed by atoms with Crippen molar-refractivity contribution in [2.75, 3.05) is 13.2 Å². The highest BCUT2D eigenvalue weighted by molar-refractivity contribution is 5.85. The molecule has 2 rings (SSSR count). The van der Waals surface area contributed by atoms with Crippen molar-refractivity contribution in [3.05, 3.63) is 17.5 Å². The van der Waals surface area contributed by atoms with Crippen LogP contribution < -0.4 is 4.74 Å². The zero-order valence-electron chi connectivity index (χ0n) is 9.55. The molecule has 6 nitrogen and oxygen atoms in total. The maximum absolute atomic E-state index is 10.8. The van der Waals surface area contributed by atoms with E-state index >= 15 is 0 Å². The third-order valence-electron chi connectivity index (χ3n) is 2.49. The quantitative estimate of drug-likeness (QED) is 0.847. The molecule has 92 valence electrons. The highest BCUT2D eigenvalue weighted by Gasteiger charge is 2.18. The summed E-state index contributed by atoms with van der Waals surface area (Å²) >= 11 is 0. The summed E-state index contributed by atoms with van der Waals surface area (Å²) < 4.78 is 10.8. The van der Waals surface area contributed by atoms with Gasteiger partial charge >= 0.3 is 12.0 Å². The maximum Gasteiger partial charge on any atom is 0.354 e. The first-order chi connectivity index (χ1) is 8.15. The van der Waals surface area contributed by atoms with Gasteiger partial charge < -0.3 is 14.6 Å². The minimum Gasteiger partial charge on any atom is -0.477 e. The van der Waals surface area contributed by atoms with E-state index in [2.05, 4.69) is 9.97 Å². The molecule has 0 atom stereocenters. The minimum absolute atomic E-state index is 0.00666. The average molecular weight is 238 g/mol. The van der Waals surface area contributed by atoms with Gasteiger partial charge in [-0.1, -0.05) is 0 Å². The van der Waals surface area contributed by atoms with Crippen molar-refractivity contribution in [3.8, 4) is 6.01 Å². The van der Waals surface area contributed by atoms with Gasteiger partial charge in [-0.05, 0) is 13.0 Å². The van der Waals surface area contributed by atoms with Gasteiger partial charge in [-0.15, -0.1) is 0 Å². The van der Waals surface area contributed by atoms with E-state index in [1.54, 1.807) is 6.92 Å². The Bertz CT molecular complexity index is 416. The van der Waals surface area contributed by atoms with Crippen molar-refractivity contribution in [2.45, 2.75) is 25.9 Å². The zero-order valence-corrected chi connectivity index (χ0v) is 9.55. The van der Waals surface area contributed by atoms with E-state index < -0.39 is 5.97 Å². The Morgan fingerprint density at radius 1 is 1.47 bits per heavy atom. The zero-order chi connectivity index (χ0) is 12.3. The van der Waals surface area contributed by atoms with Crippen molar-refractivity contribution >= 4 is 5.97 Å². The monoisotopic (exact) mass is 238 g/mol. The van der Waals surface area contributed by atoms with E-state index in [-0.39, 0.29) is 17.8 Å².